The molecule has 9 heteroatoms. The van der Waals surface area contributed by atoms with Gasteiger partial charge in [0.15, 0.2) is 0 Å². The van der Waals surface area contributed by atoms with E-state index in [1.807, 2.05) is 0 Å². The lowest BCUT2D eigenvalue weighted by Crippen LogP contribution is -2.24. The van der Waals surface area contributed by atoms with Crippen LogP contribution in [0.1, 0.15) is 21.9 Å². The van der Waals surface area contributed by atoms with Crippen molar-refractivity contribution in [3.05, 3.63) is 61.2 Å². The third-order valence-electron chi connectivity index (χ3n) is 3.10. The van der Waals surface area contributed by atoms with Gasteiger partial charge < -0.3 is 5.32 Å². The molecule has 0 radical (unpaired) electrons. The van der Waals surface area contributed by atoms with Crippen LogP contribution in [0.2, 0.25) is 5.02 Å². The number of amides is 1. The topological polar surface area (TPSA) is 92.2 Å². The maximum Gasteiger partial charge on any atom is 0.274 e. The molecule has 0 aliphatic rings. The highest BCUT2D eigenvalue weighted by Gasteiger charge is 2.12. The lowest BCUT2D eigenvalue weighted by molar-refractivity contribution is 0.0950. The highest BCUT2D eigenvalue weighted by atomic mass is 79.9. The quantitative estimate of drug-likeness (QED) is 0.709. The highest BCUT2D eigenvalue weighted by Crippen LogP contribution is 2.21. The molecule has 23 heavy (non-hydrogen) atoms. The first-order valence-corrected chi connectivity index (χ1v) is 7.79. The first-order chi connectivity index (χ1) is 10.9. The molecule has 118 valence electrons. The van der Waals surface area contributed by atoms with Crippen molar-refractivity contribution in [3.63, 3.8) is 0 Å². The minimum Gasteiger partial charge on any atom is -0.345 e. The van der Waals surface area contributed by atoms with Crippen molar-refractivity contribution in [1.29, 1.82) is 0 Å². The summed E-state index contributed by atoms with van der Waals surface area (Å²) < 4.78 is 2.01. The van der Waals surface area contributed by atoms with E-state index in [9.17, 15) is 9.59 Å². The molecule has 0 atom stereocenters. The molecule has 0 saturated carbocycles. The number of aromatic nitrogens is 4. The molecule has 0 bridgehead atoms. The minimum atomic E-state index is -0.334. The van der Waals surface area contributed by atoms with Crippen LogP contribution in [0.15, 0.2) is 33.5 Å². The second kappa shape index (κ2) is 6.13. The lowest BCUT2D eigenvalue weighted by atomic mass is 10.2. The van der Waals surface area contributed by atoms with Crippen molar-refractivity contribution < 1.29 is 4.79 Å². The normalized spacial score (nSPS) is 10.9. The summed E-state index contributed by atoms with van der Waals surface area (Å²) in [4.78, 5) is 32.3. The smallest absolute Gasteiger partial charge is 0.274 e. The van der Waals surface area contributed by atoms with Gasteiger partial charge in [-0.1, -0.05) is 27.5 Å². The number of nitrogens with zero attached hydrogens (tertiary/aromatic N) is 3. The Morgan fingerprint density at radius 1 is 1.39 bits per heavy atom. The van der Waals surface area contributed by atoms with Crippen LogP contribution in [0.4, 0.5) is 0 Å². The molecule has 0 saturated heterocycles. The number of fused-ring (bicyclic) bond motifs is 1. The lowest BCUT2D eigenvalue weighted by Gasteiger charge is -2.05. The van der Waals surface area contributed by atoms with Crippen molar-refractivity contribution in [2.45, 2.75) is 13.5 Å². The fraction of sp³-hybridized carbons (Fsp3) is 0.143. The number of carbonyl (C=O) groups is 1. The summed E-state index contributed by atoms with van der Waals surface area (Å²) in [5.41, 5.74) is 0.685. The second-order valence-electron chi connectivity index (χ2n) is 4.85. The largest absolute Gasteiger partial charge is 0.345 e. The van der Waals surface area contributed by atoms with Gasteiger partial charge in [-0.05, 0) is 25.1 Å². The predicted molar refractivity (Wildman–Crippen MR) is 88.7 cm³/mol. The number of carbonyl (C=O) groups excluding carboxylic acids is 1. The second-order valence-corrected chi connectivity index (χ2v) is 6.17. The third kappa shape index (κ3) is 3.27. The Balaban J connectivity index is 1.79. The highest BCUT2D eigenvalue weighted by molar-refractivity contribution is 9.10. The van der Waals surface area contributed by atoms with E-state index in [4.69, 9.17) is 11.6 Å². The van der Waals surface area contributed by atoms with E-state index in [1.54, 1.807) is 25.1 Å². The molecule has 0 unspecified atom stereocenters. The molecule has 1 amide bonds. The summed E-state index contributed by atoms with van der Waals surface area (Å²) >= 11 is 9.32. The number of aromatic amines is 1. The zero-order valence-corrected chi connectivity index (χ0v) is 14.3. The SMILES string of the molecule is Cc1cc(=O)n2[nH]c(CNC(=O)c3ccc(Br)cc3Cl)nc2n1. The number of nitrogens with one attached hydrogen (secondary N) is 2. The number of aryl methyl sites for hydroxylation is 1. The Kier molecular flexibility index (Phi) is 4.18. The summed E-state index contributed by atoms with van der Waals surface area (Å²) in [6.45, 7) is 1.83. The first kappa shape index (κ1) is 15.7. The van der Waals surface area contributed by atoms with Crippen LogP contribution in [0, 0.1) is 6.92 Å². The molecular formula is C14H11BrClN5O2. The van der Waals surface area contributed by atoms with Gasteiger partial charge >= 0.3 is 0 Å². The third-order valence-corrected chi connectivity index (χ3v) is 3.90. The van der Waals surface area contributed by atoms with Crippen LogP contribution < -0.4 is 10.9 Å². The Labute approximate surface area is 143 Å². The van der Waals surface area contributed by atoms with Crippen LogP contribution in [0.3, 0.4) is 0 Å². The molecule has 0 spiro atoms. The Morgan fingerprint density at radius 3 is 2.91 bits per heavy atom. The van der Waals surface area contributed by atoms with E-state index in [0.717, 1.165) is 4.47 Å². The van der Waals surface area contributed by atoms with Crippen LogP contribution in [-0.4, -0.2) is 25.5 Å². The zero-order valence-electron chi connectivity index (χ0n) is 11.9. The number of rotatable bonds is 3. The zero-order chi connectivity index (χ0) is 16.6. The van der Waals surface area contributed by atoms with Crippen molar-refractivity contribution in [3.8, 4) is 0 Å². The van der Waals surface area contributed by atoms with Gasteiger partial charge in [0.1, 0.15) is 5.82 Å². The summed E-state index contributed by atoms with van der Waals surface area (Å²) in [6.07, 6.45) is 0. The van der Waals surface area contributed by atoms with Crippen molar-refractivity contribution in [2.24, 2.45) is 0 Å². The standard InChI is InChI=1S/C14H11BrClN5O2/c1-7-4-12(22)21-14(18-7)19-11(20-21)6-17-13(23)9-3-2-8(15)5-10(9)16/h2-5H,6H2,1H3,(H,17,23)(H,18,19,20). The maximum absolute atomic E-state index is 12.1. The molecule has 3 rings (SSSR count). The summed E-state index contributed by atoms with van der Waals surface area (Å²) in [5, 5.41) is 5.83. The van der Waals surface area contributed by atoms with Gasteiger partial charge in [0.05, 0.1) is 17.1 Å². The van der Waals surface area contributed by atoms with E-state index in [1.165, 1.54) is 10.6 Å². The van der Waals surface area contributed by atoms with Gasteiger partial charge in [0, 0.05) is 16.2 Å². The van der Waals surface area contributed by atoms with E-state index in [-0.39, 0.29) is 23.8 Å². The summed E-state index contributed by atoms with van der Waals surface area (Å²) in [7, 11) is 0. The number of hydrogen-bond acceptors (Lipinski definition) is 4. The van der Waals surface area contributed by atoms with Gasteiger partial charge in [0.2, 0.25) is 0 Å². The molecule has 1 aromatic carbocycles. The fourth-order valence-corrected chi connectivity index (χ4v) is 2.81. The van der Waals surface area contributed by atoms with Gasteiger partial charge in [-0.2, -0.15) is 9.50 Å². The summed E-state index contributed by atoms with van der Waals surface area (Å²) in [6, 6.07) is 6.39. The Morgan fingerprint density at radius 2 is 2.17 bits per heavy atom. The molecule has 2 aromatic heterocycles. The van der Waals surface area contributed by atoms with Crippen molar-refractivity contribution >= 4 is 39.2 Å². The van der Waals surface area contributed by atoms with Gasteiger partial charge in [-0.3, -0.25) is 14.7 Å². The van der Waals surface area contributed by atoms with Gasteiger partial charge in [-0.15, -0.1) is 0 Å². The van der Waals surface area contributed by atoms with Crippen molar-refractivity contribution in [2.75, 3.05) is 0 Å². The molecule has 2 N–H and O–H groups in total. The predicted octanol–water partition coefficient (Wildman–Crippen LogP) is 2.07. The maximum atomic E-state index is 12.1. The average molecular weight is 397 g/mol. The molecular weight excluding hydrogens is 386 g/mol. The minimum absolute atomic E-state index is 0.118. The van der Waals surface area contributed by atoms with Crippen LogP contribution in [0.5, 0.6) is 0 Å². The molecule has 0 fully saturated rings. The Bertz CT molecular complexity index is 965. The van der Waals surface area contributed by atoms with E-state index in [2.05, 4.69) is 36.3 Å². The molecule has 0 aliphatic heterocycles. The molecule has 0 aliphatic carbocycles. The van der Waals surface area contributed by atoms with E-state index < -0.39 is 0 Å². The number of hydrogen-bond donors (Lipinski definition) is 2. The van der Waals surface area contributed by atoms with Crippen molar-refractivity contribution in [1.82, 2.24) is 24.9 Å². The monoisotopic (exact) mass is 395 g/mol. The fourth-order valence-electron chi connectivity index (χ4n) is 2.05. The molecule has 3 aromatic rings. The first-order valence-electron chi connectivity index (χ1n) is 6.62. The molecule has 2 heterocycles. The van der Waals surface area contributed by atoms with Crippen LogP contribution >= 0.6 is 27.5 Å². The molecule has 7 nitrogen and oxygen atoms in total. The number of benzene rings is 1. The van der Waals surface area contributed by atoms with Crippen LogP contribution in [-0.2, 0) is 6.54 Å². The number of H-pyrrole nitrogens is 1. The van der Waals surface area contributed by atoms with Gasteiger partial charge in [-0.25, -0.2) is 4.98 Å². The number of halogens is 2. The van der Waals surface area contributed by atoms with Gasteiger partial charge in [0.25, 0.3) is 17.2 Å². The Hall–Kier alpha value is -2.19. The summed E-state index contributed by atoms with van der Waals surface area (Å²) in [5.74, 6) is 0.349. The average Bonchev–Trinajstić information content (AvgIpc) is 2.88. The van der Waals surface area contributed by atoms with Crippen LogP contribution in [0.25, 0.3) is 5.78 Å². The van der Waals surface area contributed by atoms with E-state index in [0.29, 0.717) is 22.1 Å². The van der Waals surface area contributed by atoms with E-state index >= 15 is 0 Å².